The van der Waals surface area contributed by atoms with Gasteiger partial charge in [-0.2, -0.15) is 0 Å². The number of imidazole rings is 1. The van der Waals surface area contributed by atoms with Crippen molar-refractivity contribution in [3.8, 4) is 11.4 Å². The van der Waals surface area contributed by atoms with Gasteiger partial charge < -0.3 is 14.6 Å². The molecule has 128 valence electrons. The van der Waals surface area contributed by atoms with Gasteiger partial charge in [-0.3, -0.25) is 4.79 Å². The molecule has 1 aromatic heterocycles. The molecule has 1 amide bonds. The Balaban J connectivity index is 1.97. The minimum Gasteiger partial charge on any atom is -0.383 e. The number of amides is 1. The Morgan fingerprint density at radius 1 is 1.29 bits per heavy atom. The molecule has 5 nitrogen and oxygen atoms in total. The highest BCUT2D eigenvalue weighted by molar-refractivity contribution is 5.94. The molecule has 24 heavy (non-hydrogen) atoms. The summed E-state index contributed by atoms with van der Waals surface area (Å²) in [5, 5.41) is 2.99. The smallest absolute Gasteiger partial charge is 0.272 e. The molecule has 0 spiro atoms. The van der Waals surface area contributed by atoms with E-state index in [1.165, 1.54) is 6.42 Å². The molecule has 5 heteroatoms. The number of hydrogen-bond acceptors (Lipinski definition) is 3. The number of ether oxygens (including phenoxy) is 1. The van der Waals surface area contributed by atoms with Gasteiger partial charge in [-0.1, -0.05) is 36.8 Å². The molecule has 1 aliphatic rings. The van der Waals surface area contributed by atoms with E-state index in [1.807, 2.05) is 25.1 Å². The van der Waals surface area contributed by atoms with Crippen molar-refractivity contribution >= 4 is 5.91 Å². The first-order valence-corrected chi connectivity index (χ1v) is 8.65. The minimum atomic E-state index is -0.104. The van der Waals surface area contributed by atoms with Gasteiger partial charge in [0.05, 0.1) is 12.3 Å². The molecule has 1 unspecified atom stereocenters. The molecule has 0 saturated carbocycles. The summed E-state index contributed by atoms with van der Waals surface area (Å²) in [6.45, 7) is 3.36. The topological polar surface area (TPSA) is 56.1 Å². The summed E-state index contributed by atoms with van der Waals surface area (Å²) in [7, 11) is 1.64. The standard InChI is InChI=1S/C19H25N3O2/c1-14(13-24-2)20-19(23)17-16-11-7-4-8-12-22(16)18(21-17)15-9-5-3-6-10-15/h3,5-6,9-10,14H,4,7-8,11-13H2,1-2H3,(H,20,23). The zero-order chi connectivity index (χ0) is 16.9. The van der Waals surface area contributed by atoms with Crippen molar-refractivity contribution in [3.63, 3.8) is 0 Å². The molecular formula is C19H25N3O2. The van der Waals surface area contributed by atoms with Crippen LogP contribution in [0.1, 0.15) is 42.4 Å². The van der Waals surface area contributed by atoms with Crippen LogP contribution in [0.25, 0.3) is 11.4 Å². The third-order valence-electron chi connectivity index (χ3n) is 4.41. The van der Waals surface area contributed by atoms with Crippen molar-refractivity contribution in [2.24, 2.45) is 0 Å². The number of aromatic nitrogens is 2. The number of methoxy groups -OCH3 is 1. The summed E-state index contributed by atoms with van der Waals surface area (Å²) >= 11 is 0. The van der Waals surface area contributed by atoms with Crippen LogP contribution in [0.5, 0.6) is 0 Å². The fourth-order valence-electron chi connectivity index (χ4n) is 3.29. The normalized spacial score (nSPS) is 15.4. The molecule has 1 aliphatic heterocycles. The van der Waals surface area contributed by atoms with E-state index in [0.29, 0.717) is 12.3 Å². The van der Waals surface area contributed by atoms with Crippen LogP contribution in [-0.4, -0.2) is 35.2 Å². The first-order valence-electron chi connectivity index (χ1n) is 8.65. The van der Waals surface area contributed by atoms with Gasteiger partial charge in [0.1, 0.15) is 11.5 Å². The van der Waals surface area contributed by atoms with Crippen LogP contribution in [0.2, 0.25) is 0 Å². The summed E-state index contributed by atoms with van der Waals surface area (Å²) in [6.07, 6.45) is 4.33. The predicted octanol–water partition coefficient (Wildman–Crippen LogP) is 3.04. The number of fused-ring (bicyclic) bond motifs is 1. The van der Waals surface area contributed by atoms with Crippen molar-refractivity contribution in [2.75, 3.05) is 13.7 Å². The number of carbonyl (C=O) groups excluding carboxylic acids is 1. The molecule has 1 atom stereocenters. The Bertz CT molecular complexity index is 694. The molecule has 0 bridgehead atoms. The summed E-state index contributed by atoms with van der Waals surface area (Å²) in [5.41, 5.74) is 2.69. The lowest BCUT2D eigenvalue weighted by atomic mass is 10.1. The molecule has 0 fully saturated rings. The SMILES string of the molecule is COCC(C)NC(=O)c1nc(-c2ccccc2)n2c1CCCCC2. The quantitative estimate of drug-likeness (QED) is 0.918. The fraction of sp³-hybridized carbons (Fsp3) is 0.474. The van der Waals surface area contributed by atoms with E-state index < -0.39 is 0 Å². The lowest BCUT2D eigenvalue weighted by molar-refractivity contribution is 0.0900. The number of nitrogens with one attached hydrogen (secondary N) is 1. The van der Waals surface area contributed by atoms with Crippen LogP contribution in [0.4, 0.5) is 0 Å². The molecule has 1 N–H and O–H groups in total. The van der Waals surface area contributed by atoms with Gasteiger partial charge in [0.25, 0.3) is 5.91 Å². The van der Waals surface area contributed by atoms with E-state index in [1.54, 1.807) is 7.11 Å². The zero-order valence-electron chi connectivity index (χ0n) is 14.4. The first-order chi connectivity index (χ1) is 11.7. The highest BCUT2D eigenvalue weighted by Crippen LogP contribution is 2.27. The summed E-state index contributed by atoms with van der Waals surface area (Å²) in [5.74, 6) is 0.796. The second-order valence-corrected chi connectivity index (χ2v) is 6.39. The largest absolute Gasteiger partial charge is 0.383 e. The van der Waals surface area contributed by atoms with E-state index >= 15 is 0 Å². The van der Waals surface area contributed by atoms with E-state index in [2.05, 4.69) is 22.0 Å². The van der Waals surface area contributed by atoms with Crippen molar-refractivity contribution in [1.29, 1.82) is 0 Å². The Morgan fingerprint density at radius 2 is 2.08 bits per heavy atom. The lowest BCUT2D eigenvalue weighted by Gasteiger charge is -2.12. The average Bonchev–Trinajstić information content (AvgIpc) is 2.77. The third-order valence-corrected chi connectivity index (χ3v) is 4.41. The summed E-state index contributed by atoms with van der Waals surface area (Å²) in [6, 6.07) is 10.1. The van der Waals surface area contributed by atoms with Crippen LogP contribution >= 0.6 is 0 Å². The maximum absolute atomic E-state index is 12.7. The Labute approximate surface area is 143 Å². The van der Waals surface area contributed by atoms with Crippen LogP contribution < -0.4 is 5.32 Å². The summed E-state index contributed by atoms with van der Waals surface area (Å²) < 4.78 is 7.34. The number of hydrogen-bond donors (Lipinski definition) is 1. The maximum Gasteiger partial charge on any atom is 0.272 e. The highest BCUT2D eigenvalue weighted by atomic mass is 16.5. The second-order valence-electron chi connectivity index (χ2n) is 6.39. The molecule has 2 heterocycles. The van der Waals surface area contributed by atoms with Crippen molar-refractivity contribution in [1.82, 2.24) is 14.9 Å². The van der Waals surface area contributed by atoms with Crippen LogP contribution in [0.15, 0.2) is 30.3 Å². The Hall–Kier alpha value is -2.14. The predicted molar refractivity (Wildman–Crippen MR) is 94.0 cm³/mol. The van der Waals surface area contributed by atoms with Crippen LogP contribution in [-0.2, 0) is 17.7 Å². The van der Waals surface area contributed by atoms with Gasteiger partial charge in [-0.05, 0) is 26.2 Å². The zero-order valence-corrected chi connectivity index (χ0v) is 14.4. The van der Waals surface area contributed by atoms with Crippen molar-refractivity contribution in [2.45, 2.75) is 45.2 Å². The van der Waals surface area contributed by atoms with E-state index in [0.717, 1.165) is 42.9 Å². The molecule has 3 rings (SSSR count). The molecule has 1 aromatic carbocycles. The van der Waals surface area contributed by atoms with Gasteiger partial charge in [-0.15, -0.1) is 0 Å². The monoisotopic (exact) mass is 327 g/mol. The third kappa shape index (κ3) is 3.51. The molecule has 0 radical (unpaired) electrons. The fourth-order valence-corrected chi connectivity index (χ4v) is 3.29. The number of rotatable bonds is 5. The van der Waals surface area contributed by atoms with Gasteiger partial charge in [0, 0.05) is 25.3 Å². The molecular weight excluding hydrogens is 302 g/mol. The lowest BCUT2D eigenvalue weighted by Crippen LogP contribution is -2.36. The van der Waals surface area contributed by atoms with Crippen molar-refractivity contribution in [3.05, 3.63) is 41.7 Å². The molecule has 0 aliphatic carbocycles. The highest BCUT2D eigenvalue weighted by Gasteiger charge is 2.24. The van der Waals surface area contributed by atoms with Crippen LogP contribution in [0.3, 0.4) is 0 Å². The minimum absolute atomic E-state index is 0.0363. The van der Waals surface area contributed by atoms with E-state index in [4.69, 9.17) is 9.72 Å². The van der Waals surface area contributed by atoms with E-state index in [9.17, 15) is 4.79 Å². The van der Waals surface area contributed by atoms with Crippen molar-refractivity contribution < 1.29 is 9.53 Å². The second kappa shape index (κ2) is 7.62. The van der Waals surface area contributed by atoms with Gasteiger partial charge in [0.15, 0.2) is 0 Å². The Morgan fingerprint density at radius 3 is 2.83 bits per heavy atom. The van der Waals surface area contributed by atoms with Gasteiger partial charge >= 0.3 is 0 Å². The van der Waals surface area contributed by atoms with Gasteiger partial charge in [-0.25, -0.2) is 4.98 Å². The molecule has 2 aromatic rings. The number of nitrogens with zero attached hydrogens (tertiary/aromatic N) is 2. The number of benzene rings is 1. The number of carbonyl (C=O) groups is 1. The Kier molecular flexibility index (Phi) is 5.30. The van der Waals surface area contributed by atoms with Crippen LogP contribution in [0, 0.1) is 0 Å². The average molecular weight is 327 g/mol. The maximum atomic E-state index is 12.7. The summed E-state index contributed by atoms with van der Waals surface area (Å²) in [4.78, 5) is 17.4. The molecule has 0 saturated heterocycles. The first kappa shape index (κ1) is 16.7. The van der Waals surface area contributed by atoms with Gasteiger partial charge in [0.2, 0.25) is 0 Å². The van der Waals surface area contributed by atoms with E-state index in [-0.39, 0.29) is 11.9 Å².